The van der Waals surface area contributed by atoms with Crippen molar-refractivity contribution in [2.24, 2.45) is 5.73 Å². The van der Waals surface area contributed by atoms with Crippen LogP contribution in [0.15, 0.2) is 30.6 Å². The predicted molar refractivity (Wildman–Crippen MR) is 67.5 cm³/mol. The van der Waals surface area contributed by atoms with Crippen LogP contribution < -0.4 is 11.1 Å². The Hall–Kier alpha value is -2.21. The molecule has 2 aromatic heterocycles. The van der Waals surface area contributed by atoms with Gasteiger partial charge in [-0.3, -0.25) is 4.79 Å². The Balaban J connectivity index is 2.36. The van der Waals surface area contributed by atoms with Crippen molar-refractivity contribution >= 4 is 5.91 Å². The third-order valence-electron chi connectivity index (χ3n) is 2.55. The van der Waals surface area contributed by atoms with E-state index in [-0.39, 0.29) is 5.91 Å². The van der Waals surface area contributed by atoms with E-state index in [1.165, 1.54) is 0 Å². The number of nitrogens with two attached hydrogens (primary N) is 1. The fourth-order valence-corrected chi connectivity index (χ4v) is 1.68. The largest absolute Gasteiger partial charge is 0.354 e. The van der Waals surface area contributed by atoms with Crippen molar-refractivity contribution < 1.29 is 4.79 Å². The molecule has 0 aromatic carbocycles. The van der Waals surface area contributed by atoms with Crippen LogP contribution in [0.4, 0.5) is 0 Å². The Morgan fingerprint density at radius 2 is 2.33 bits per heavy atom. The minimum atomic E-state index is -0.218. The second-order valence-corrected chi connectivity index (χ2v) is 3.75. The van der Waals surface area contributed by atoms with Gasteiger partial charge in [0.25, 0.3) is 5.91 Å². The summed E-state index contributed by atoms with van der Waals surface area (Å²) >= 11 is 0. The summed E-state index contributed by atoms with van der Waals surface area (Å²) in [5.41, 5.74) is 6.93. The first kappa shape index (κ1) is 12.3. The minimum absolute atomic E-state index is 0.218. The number of nitrogens with one attached hydrogen (secondary N) is 1. The lowest BCUT2D eigenvalue weighted by molar-refractivity contribution is 0.0957. The molecule has 0 radical (unpaired) electrons. The zero-order chi connectivity index (χ0) is 13.0. The number of pyridine rings is 1. The summed E-state index contributed by atoms with van der Waals surface area (Å²) in [6.07, 6.45) is 4.13. The molecule has 0 atom stereocenters. The topological polar surface area (TPSA) is 85.8 Å². The molecule has 2 aromatic rings. The average molecular weight is 245 g/mol. The van der Waals surface area contributed by atoms with Crippen LogP contribution in [-0.2, 0) is 6.42 Å². The van der Waals surface area contributed by atoms with Gasteiger partial charge in [0.05, 0.1) is 0 Å². The van der Waals surface area contributed by atoms with Crippen LogP contribution in [0.2, 0.25) is 0 Å². The van der Waals surface area contributed by atoms with Gasteiger partial charge >= 0.3 is 0 Å². The van der Waals surface area contributed by atoms with Gasteiger partial charge in [0.15, 0.2) is 11.5 Å². The van der Waals surface area contributed by atoms with Crippen molar-refractivity contribution in [2.45, 2.75) is 6.42 Å². The number of nitrogens with zero attached hydrogens (tertiary/aromatic N) is 3. The summed E-state index contributed by atoms with van der Waals surface area (Å²) in [5, 5.41) is 6.73. The van der Waals surface area contributed by atoms with Crippen LogP contribution in [0.3, 0.4) is 0 Å². The quantitative estimate of drug-likeness (QED) is 0.801. The number of carbonyl (C=O) groups excluding carboxylic acids is 1. The number of hydrogen-bond donors (Lipinski definition) is 2. The Kier molecular flexibility index (Phi) is 3.69. The standard InChI is InChI=1S/C12H15N5O/c1-14-12(18)10-5-8-17(16-10)11-9(4-6-13)3-2-7-15-11/h2-3,5,7-8H,4,6,13H2,1H3,(H,14,18). The lowest BCUT2D eigenvalue weighted by atomic mass is 10.2. The number of aromatic nitrogens is 3. The fraction of sp³-hybridized carbons (Fsp3) is 0.250. The van der Waals surface area contributed by atoms with Crippen molar-refractivity contribution in [3.05, 3.63) is 41.9 Å². The highest BCUT2D eigenvalue weighted by molar-refractivity contribution is 5.91. The summed E-state index contributed by atoms with van der Waals surface area (Å²) < 4.78 is 1.59. The highest BCUT2D eigenvalue weighted by atomic mass is 16.1. The lowest BCUT2D eigenvalue weighted by Gasteiger charge is -2.06. The van der Waals surface area contributed by atoms with Crippen molar-refractivity contribution in [1.82, 2.24) is 20.1 Å². The van der Waals surface area contributed by atoms with Gasteiger partial charge in [-0.15, -0.1) is 0 Å². The van der Waals surface area contributed by atoms with Gasteiger partial charge < -0.3 is 11.1 Å². The van der Waals surface area contributed by atoms with E-state index in [2.05, 4.69) is 15.4 Å². The normalized spacial score (nSPS) is 10.3. The number of rotatable bonds is 4. The Morgan fingerprint density at radius 1 is 1.50 bits per heavy atom. The second kappa shape index (κ2) is 5.42. The molecule has 2 rings (SSSR count). The number of hydrogen-bond acceptors (Lipinski definition) is 4. The van der Waals surface area contributed by atoms with Crippen molar-refractivity contribution in [3.63, 3.8) is 0 Å². The third-order valence-corrected chi connectivity index (χ3v) is 2.55. The summed E-state index contributed by atoms with van der Waals surface area (Å²) in [6.45, 7) is 0.544. The Labute approximate surface area is 105 Å². The summed E-state index contributed by atoms with van der Waals surface area (Å²) in [7, 11) is 1.57. The molecule has 0 aliphatic heterocycles. The van der Waals surface area contributed by atoms with Crippen LogP contribution >= 0.6 is 0 Å². The molecule has 3 N–H and O–H groups in total. The van der Waals surface area contributed by atoms with Crippen LogP contribution in [0.5, 0.6) is 0 Å². The molecule has 2 heterocycles. The van der Waals surface area contributed by atoms with Gasteiger partial charge in [-0.25, -0.2) is 9.67 Å². The molecule has 6 nitrogen and oxygen atoms in total. The minimum Gasteiger partial charge on any atom is -0.354 e. The van der Waals surface area contributed by atoms with Gasteiger partial charge in [0, 0.05) is 19.4 Å². The smallest absolute Gasteiger partial charge is 0.271 e. The van der Waals surface area contributed by atoms with E-state index in [0.29, 0.717) is 18.1 Å². The highest BCUT2D eigenvalue weighted by Crippen LogP contribution is 2.11. The Morgan fingerprint density at radius 3 is 3.06 bits per heavy atom. The lowest BCUT2D eigenvalue weighted by Crippen LogP contribution is -2.18. The number of carbonyl (C=O) groups is 1. The van der Waals surface area contributed by atoms with Crippen LogP contribution in [0.25, 0.3) is 5.82 Å². The zero-order valence-corrected chi connectivity index (χ0v) is 10.1. The first-order valence-electron chi connectivity index (χ1n) is 5.68. The zero-order valence-electron chi connectivity index (χ0n) is 10.1. The summed E-state index contributed by atoms with van der Waals surface area (Å²) in [5.74, 6) is 0.489. The first-order valence-corrected chi connectivity index (χ1v) is 5.68. The molecule has 94 valence electrons. The fourth-order valence-electron chi connectivity index (χ4n) is 1.68. The number of amides is 1. The van der Waals surface area contributed by atoms with Crippen LogP contribution in [-0.4, -0.2) is 34.3 Å². The van der Waals surface area contributed by atoms with E-state index >= 15 is 0 Å². The molecule has 0 fully saturated rings. The van der Waals surface area contributed by atoms with E-state index in [4.69, 9.17) is 5.73 Å². The second-order valence-electron chi connectivity index (χ2n) is 3.75. The van der Waals surface area contributed by atoms with Crippen molar-refractivity contribution in [2.75, 3.05) is 13.6 Å². The highest BCUT2D eigenvalue weighted by Gasteiger charge is 2.10. The molecule has 0 saturated carbocycles. The monoisotopic (exact) mass is 245 g/mol. The predicted octanol–water partition coefficient (Wildman–Crippen LogP) is 0.128. The molecule has 18 heavy (non-hydrogen) atoms. The summed E-state index contributed by atoms with van der Waals surface area (Å²) in [4.78, 5) is 15.7. The molecule has 0 aliphatic carbocycles. The van der Waals surface area contributed by atoms with Gasteiger partial charge in [-0.2, -0.15) is 5.10 Å². The molecule has 0 spiro atoms. The van der Waals surface area contributed by atoms with Gasteiger partial charge in [-0.1, -0.05) is 6.07 Å². The van der Waals surface area contributed by atoms with E-state index in [9.17, 15) is 4.79 Å². The molecule has 0 bridgehead atoms. The Bertz CT molecular complexity index is 549. The van der Waals surface area contributed by atoms with E-state index < -0.39 is 0 Å². The van der Waals surface area contributed by atoms with Gasteiger partial charge in [0.1, 0.15) is 0 Å². The molecule has 0 aliphatic rings. The average Bonchev–Trinajstić information content (AvgIpc) is 2.88. The van der Waals surface area contributed by atoms with E-state index in [0.717, 1.165) is 12.0 Å². The van der Waals surface area contributed by atoms with Crippen molar-refractivity contribution in [3.8, 4) is 5.82 Å². The van der Waals surface area contributed by atoms with Crippen molar-refractivity contribution in [1.29, 1.82) is 0 Å². The molecule has 6 heteroatoms. The molecular formula is C12H15N5O. The molecular weight excluding hydrogens is 230 g/mol. The molecule has 0 saturated heterocycles. The maximum Gasteiger partial charge on any atom is 0.271 e. The molecule has 1 amide bonds. The molecule has 0 unspecified atom stereocenters. The van der Waals surface area contributed by atoms with E-state index in [1.54, 1.807) is 30.2 Å². The van der Waals surface area contributed by atoms with Crippen LogP contribution in [0.1, 0.15) is 16.1 Å². The van der Waals surface area contributed by atoms with Gasteiger partial charge in [-0.05, 0) is 30.7 Å². The first-order chi connectivity index (χ1) is 8.76. The van der Waals surface area contributed by atoms with Gasteiger partial charge in [0.2, 0.25) is 0 Å². The summed E-state index contributed by atoms with van der Waals surface area (Å²) in [6, 6.07) is 5.47. The van der Waals surface area contributed by atoms with E-state index in [1.807, 2.05) is 12.1 Å². The maximum atomic E-state index is 11.4. The third kappa shape index (κ3) is 2.38. The maximum absolute atomic E-state index is 11.4. The SMILES string of the molecule is CNC(=O)c1ccn(-c2ncccc2CCN)n1. The van der Waals surface area contributed by atoms with Crippen LogP contribution in [0, 0.1) is 0 Å².